The molecule has 138 valence electrons. The number of carbonyl (C=O) groups excluding carboxylic acids is 2. The van der Waals surface area contributed by atoms with Crippen LogP contribution in [-0.2, 0) is 16.6 Å². The number of amides is 2. The second-order valence-corrected chi connectivity index (χ2v) is 6.64. The number of hydrogen-bond acceptors (Lipinski definition) is 3. The Morgan fingerprint density at radius 3 is 2.35 bits per heavy atom. The highest BCUT2D eigenvalue weighted by atomic mass is 35.5. The van der Waals surface area contributed by atoms with Gasteiger partial charge in [0.1, 0.15) is 5.15 Å². The number of rotatable bonds is 5. The molecule has 0 radical (unpaired) electrons. The number of aryl methyl sites for hydroxylation is 5. The fourth-order valence-electron chi connectivity index (χ4n) is 2.78. The second-order valence-electron chi connectivity index (χ2n) is 6.29. The van der Waals surface area contributed by atoms with E-state index in [1.807, 2.05) is 39.8 Å². The van der Waals surface area contributed by atoms with Gasteiger partial charge in [-0.15, -0.1) is 0 Å². The number of carbonyl (C=O) groups is 2. The van der Waals surface area contributed by atoms with Gasteiger partial charge in [-0.3, -0.25) is 14.3 Å². The first-order valence-electron chi connectivity index (χ1n) is 8.21. The van der Waals surface area contributed by atoms with Gasteiger partial charge in [0.05, 0.1) is 12.2 Å². The molecule has 0 unspecified atom stereocenters. The molecule has 0 saturated heterocycles. The maximum Gasteiger partial charge on any atom is 0.244 e. The summed E-state index contributed by atoms with van der Waals surface area (Å²) in [4.78, 5) is 24.0. The van der Waals surface area contributed by atoms with Gasteiger partial charge < -0.3 is 10.6 Å². The van der Waals surface area contributed by atoms with Gasteiger partial charge >= 0.3 is 0 Å². The molecule has 0 spiro atoms. The van der Waals surface area contributed by atoms with Crippen LogP contribution in [0.3, 0.4) is 0 Å². The fourth-order valence-corrected chi connectivity index (χ4v) is 3.02. The van der Waals surface area contributed by atoms with Crippen LogP contribution in [0.5, 0.6) is 0 Å². The van der Waals surface area contributed by atoms with Gasteiger partial charge in [0.2, 0.25) is 11.8 Å². The number of benzene rings is 1. The largest absolute Gasteiger partial charge is 0.343 e. The van der Waals surface area contributed by atoms with E-state index in [4.69, 9.17) is 11.6 Å². The van der Waals surface area contributed by atoms with E-state index in [0.29, 0.717) is 10.7 Å². The van der Waals surface area contributed by atoms with E-state index in [1.165, 1.54) is 10.8 Å². The fraction of sp³-hybridized carbons (Fsp3) is 0.316. The Labute approximate surface area is 158 Å². The maximum absolute atomic E-state index is 12.1. The molecule has 0 aliphatic carbocycles. The van der Waals surface area contributed by atoms with Crippen LogP contribution in [0.1, 0.15) is 27.9 Å². The van der Waals surface area contributed by atoms with Crippen molar-refractivity contribution in [1.82, 2.24) is 15.1 Å². The first kappa shape index (κ1) is 19.7. The van der Waals surface area contributed by atoms with Crippen molar-refractivity contribution in [3.63, 3.8) is 0 Å². The zero-order valence-electron chi connectivity index (χ0n) is 15.6. The summed E-state index contributed by atoms with van der Waals surface area (Å²) in [6.07, 6.45) is 2.93. The molecule has 0 fully saturated rings. The minimum Gasteiger partial charge on any atom is -0.343 e. The Morgan fingerprint density at radius 2 is 1.81 bits per heavy atom. The summed E-state index contributed by atoms with van der Waals surface area (Å²) in [7, 11) is 1.73. The Bertz CT molecular complexity index is 861. The number of anilines is 1. The van der Waals surface area contributed by atoms with Crippen molar-refractivity contribution >= 4 is 35.2 Å². The topological polar surface area (TPSA) is 76.0 Å². The van der Waals surface area contributed by atoms with Gasteiger partial charge in [0.25, 0.3) is 0 Å². The van der Waals surface area contributed by atoms with E-state index in [1.54, 1.807) is 13.1 Å². The zero-order chi connectivity index (χ0) is 19.4. The first-order chi connectivity index (χ1) is 12.2. The Balaban J connectivity index is 1.93. The minimum absolute atomic E-state index is 0.115. The van der Waals surface area contributed by atoms with Crippen molar-refractivity contribution < 1.29 is 9.59 Å². The van der Waals surface area contributed by atoms with Gasteiger partial charge in [-0.05, 0) is 44.9 Å². The predicted octanol–water partition coefficient (Wildman–Crippen LogP) is 3.08. The molecular formula is C19H23ClN4O2. The molecule has 1 heterocycles. The zero-order valence-corrected chi connectivity index (χ0v) is 16.4. The van der Waals surface area contributed by atoms with E-state index in [2.05, 4.69) is 15.7 Å². The van der Waals surface area contributed by atoms with E-state index < -0.39 is 0 Å². The molecule has 0 aliphatic heterocycles. The number of hydrogen-bond donors (Lipinski definition) is 2. The van der Waals surface area contributed by atoms with Crippen molar-refractivity contribution in [2.45, 2.75) is 27.7 Å². The van der Waals surface area contributed by atoms with Gasteiger partial charge in [-0.2, -0.15) is 5.10 Å². The third-order valence-corrected chi connectivity index (χ3v) is 4.41. The van der Waals surface area contributed by atoms with E-state index in [0.717, 1.165) is 28.1 Å². The molecule has 1 aromatic carbocycles. The van der Waals surface area contributed by atoms with Crippen molar-refractivity contribution in [1.29, 1.82) is 0 Å². The highest BCUT2D eigenvalue weighted by Crippen LogP contribution is 2.22. The van der Waals surface area contributed by atoms with Gasteiger partial charge in [-0.25, -0.2) is 0 Å². The van der Waals surface area contributed by atoms with Crippen LogP contribution in [0.2, 0.25) is 5.15 Å². The van der Waals surface area contributed by atoms with Crippen LogP contribution in [0, 0.1) is 27.7 Å². The lowest BCUT2D eigenvalue weighted by Gasteiger charge is -2.13. The van der Waals surface area contributed by atoms with E-state index >= 15 is 0 Å². The molecule has 2 N–H and O–H groups in total. The Kier molecular flexibility index (Phi) is 6.21. The molecule has 0 saturated carbocycles. The molecule has 0 bridgehead atoms. The number of halogens is 1. The maximum atomic E-state index is 12.1. The molecule has 0 atom stereocenters. The van der Waals surface area contributed by atoms with Gasteiger partial charge in [0.15, 0.2) is 0 Å². The molecule has 2 aromatic rings. The predicted molar refractivity (Wildman–Crippen MR) is 104 cm³/mol. The highest BCUT2D eigenvalue weighted by Gasteiger charge is 2.10. The summed E-state index contributed by atoms with van der Waals surface area (Å²) < 4.78 is 1.54. The summed E-state index contributed by atoms with van der Waals surface area (Å²) in [5.41, 5.74) is 5.31. The third-order valence-electron chi connectivity index (χ3n) is 3.96. The standard InChI is InChI=1S/C19H23ClN4O2/c1-11-8-12(2)18(13(3)9-11)22-17(26)10-21-16(25)7-6-15-14(4)23-24(5)19(15)20/h6-9H,10H2,1-5H3,(H,21,25)(H,22,26)/b7-6+. The molecule has 7 heteroatoms. The highest BCUT2D eigenvalue weighted by molar-refractivity contribution is 6.31. The normalized spacial score (nSPS) is 11.0. The quantitative estimate of drug-likeness (QED) is 0.789. The minimum atomic E-state index is -0.378. The lowest BCUT2D eigenvalue weighted by molar-refractivity contribution is -0.121. The van der Waals surface area contributed by atoms with Gasteiger partial charge in [0, 0.05) is 24.4 Å². The molecule has 1 aromatic heterocycles. The van der Waals surface area contributed by atoms with E-state index in [9.17, 15) is 9.59 Å². The smallest absolute Gasteiger partial charge is 0.244 e. The third kappa shape index (κ3) is 4.73. The van der Waals surface area contributed by atoms with E-state index in [-0.39, 0.29) is 18.4 Å². The summed E-state index contributed by atoms with van der Waals surface area (Å²) in [5.74, 6) is -0.658. The van der Waals surface area contributed by atoms with Crippen molar-refractivity contribution in [2.24, 2.45) is 7.05 Å². The first-order valence-corrected chi connectivity index (χ1v) is 8.59. The molecule has 26 heavy (non-hydrogen) atoms. The van der Waals surface area contributed by atoms with Crippen molar-refractivity contribution in [2.75, 3.05) is 11.9 Å². The van der Waals surface area contributed by atoms with Crippen molar-refractivity contribution in [3.05, 3.63) is 51.3 Å². The average molecular weight is 375 g/mol. The van der Waals surface area contributed by atoms with Crippen LogP contribution < -0.4 is 10.6 Å². The lowest BCUT2D eigenvalue weighted by atomic mass is 10.1. The van der Waals surface area contributed by atoms with Gasteiger partial charge in [-0.1, -0.05) is 29.3 Å². The summed E-state index contributed by atoms with van der Waals surface area (Å²) >= 11 is 6.11. The second kappa shape index (κ2) is 8.19. The molecule has 2 rings (SSSR count). The van der Waals surface area contributed by atoms with Crippen molar-refractivity contribution in [3.8, 4) is 0 Å². The lowest BCUT2D eigenvalue weighted by Crippen LogP contribution is -2.32. The molecule has 2 amide bonds. The summed E-state index contributed by atoms with van der Waals surface area (Å²) in [6.45, 7) is 7.58. The molecule has 6 nitrogen and oxygen atoms in total. The molecule has 0 aliphatic rings. The Morgan fingerprint density at radius 1 is 1.19 bits per heavy atom. The molecular weight excluding hydrogens is 352 g/mol. The summed E-state index contributed by atoms with van der Waals surface area (Å²) in [5, 5.41) is 10.0. The number of nitrogens with one attached hydrogen (secondary N) is 2. The monoisotopic (exact) mass is 374 g/mol. The SMILES string of the molecule is Cc1cc(C)c(NC(=O)CNC(=O)/C=C/c2c(C)nn(C)c2Cl)c(C)c1. The van der Waals surface area contributed by atoms with Crippen LogP contribution in [0.15, 0.2) is 18.2 Å². The summed E-state index contributed by atoms with van der Waals surface area (Å²) in [6, 6.07) is 4.01. The number of aromatic nitrogens is 2. The number of nitrogens with zero attached hydrogens (tertiary/aromatic N) is 2. The van der Waals surface area contributed by atoms with Crippen LogP contribution >= 0.6 is 11.6 Å². The van der Waals surface area contributed by atoms with Crippen LogP contribution in [-0.4, -0.2) is 28.1 Å². The Hall–Kier alpha value is -2.60. The van der Waals surface area contributed by atoms with Crippen LogP contribution in [0.25, 0.3) is 6.08 Å². The van der Waals surface area contributed by atoms with Crippen LogP contribution in [0.4, 0.5) is 5.69 Å². The average Bonchev–Trinajstić information content (AvgIpc) is 2.79.